The molecule has 0 saturated carbocycles. The summed E-state index contributed by atoms with van der Waals surface area (Å²) in [5.41, 5.74) is 5.92. The number of allylic oxidation sites excluding steroid dienone is 4. The van der Waals surface area contributed by atoms with Crippen molar-refractivity contribution in [3.05, 3.63) is 81.4 Å². The summed E-state index contributed by atoms with van der Waals surface area (Å²) in [7, 11) is -3.95. The molecule has 0 fully saturated rings. The molecule has 1 aromatic heterocycles. The zero-order valence-corrected chi connectivity index (χ0v) is 26.8. The maximum atomic E-state index is 11.1. The van der Waals surface area contributed by atoms with Gasteiger partial charge in [0, 0.05) is 47.8 Å². The summed E-state index contributed by atoms with van der Waals surface area (Å²) in [4.78, 5) is 3.63. The summed E-state index contributed by atoms with van der Waals surface area (Å²) in [6.07, 6.45) is 11.6. The van der Waals surface area contributed by atoms with Crippen LogP contribution >= 0.6 is 35.1 Å². The number of benzene rings is 2. The topological polar surface area (TPSA) is 91.0 Å². The number of nitrogens with zero attached hydrogens (tertiary/aromatic N) is 2. The van der Waals surface area contributed by atoms with Crippen molar-refractivity contribution in [1.29, 1.82) is 0 Å². The predicted octanol–water partition coefficient (Wildman–Crippen LogP) is 7.80. The second kappa shape index (κ2) is 14.9. The van der Waals surface area contributed by atoms with Gasteiger partial charge in [-0.3, -0.25) is 4.55 Å². The number of aromatic nitrogens is 1. The number of anilines is 1. The van der Waals surface area contributed by atoms with E-state index in [9.17, 15) is 8.42 Å². The highest BCUT2D eigenvalue weighted by Gasteiger charge is 2.24. The Labute approximate surface area is 255 Å². The highest BCUT2D eigenvalue weighted by atomic mass is 32.2. The van der Waals surface area contributed by atoms with Gasteiger partial charge < -0.3 is 4.90 Å². The fourth-order valence-corrected chi connectivity index (χ4v) is 7.96. The minimum Gasteiger partial charge on any atom is -0.335 e. The number of unbranched alkanes of at least 4 members (excludes halogenated alkanes) is 2. The molecule has 2 heterocycles. The Balaban J connectivity index is 1.51. The summed E-state index contributed by atoms with van der Waals surface area (Å²) < 4.78 is 38.9. The van der Waals surface area contributed by atoms with Gasteiger partial charge in [0.1, 0.15) is 4.70 Å². The molecule has 4 rings (SSSR count). The van der Waals surface area contributed by atoms with Gasteiger partial charge in [-0.05, 0) is 75.4 Å². The largest absolute Gasteiger partial charge is 0.335 e. The van der Waals surface area contributed by atoms with Crippen molar-refractivity contribution < 1.29 is 27.1 Å². The Kier molecular flexibility index (Phi) is 11.5. The molecule has 0 unspecified atom stereocenters. The Morgan fingerprint density at radius 2 is 1.88 bits per heavy atom. The number of thiazole rings is 1. The molecule has 0 bridgehead atoms. The van der Waals surface area contributed by atoms with Crippen molar-refractivity contribution in [3.63, 3.8) is 0 Å². The van der Waals surface area contributed by atoms with E-state index in [0.29, 0.717) is 19.4 Å². The molecular formula is C30H37N2O5S4+. The van der Waals surface area contributed by atoms with Crippen molar-refractivity contribution in [2.24, 2.45) is 0 Å². The highest BCUT2D eigenvalue weighted by Crippen LogP contribution is 2.46. The van der Waals surface area contributed by atoms with E-state index in [4.69, 9.17) is 9.81 Å². The number of hydrogen-bond donors (Lipinski definition) is 2. The van der Waals surface area contributed by atoms with E-state index < -0.39 is 10.1 Å². The van der Waals surface area contributed by atoms with Gasteiger partial charge in [-0.15, -0.1) is 0 Å². The van der Waals surface area contributed by atoms with Gasteiger partial charge in [0.05, 0.1) is 16.5 Å². The minimum atomic E-state index is -3.95. The van der Waals surface area contributed by atoms with Crippen LogP contribution in [0.1, 0.15) is 48.7 Å². The molecule has 1 aliphatic heterocycles. The fraction of sp³-hybridized carbons (Fsp3) is 0.367. The quantitative estimate of drug-likeness (QED) is 0.0354. The van der Waals surface area contributed by atoms with Crippen LogP contribution in [0, 0.1) is 13.8 Å². The number of thioether (sulfide) groups is 1. The van der Waals surface area contributed by atoms with Crippen LogP contribution in [-0.4, -0.2) is 36.3 Å². The fourth-order valence-electron chi connectivity index (χ4n) is 4.62. The van der Waals surface area contributed by atoms with Gasteiger partial charge in [-0.2, -0.15) is 17.3 Å². The van der Waals surface area contributed by atoms with Gasteiger partial charge >= 0.3 is 0 Å². The maximum absolute atomic E-state index is 11.1. The molecule has 11 heteroatoms. The monoisotopic (exact) mass is 633 g/mol. The van der Waals surface area contributed by atoms with Crippen molar-refractivity contribution in [1.82, 2.24) is 0 Å². The molecule has 7 nitrogen and oxygen atoms in total. The summed E-state index contributed by atoms with van der Waals surface area (Å²) in [6, 6.07) is 13.0. The molecule has 220 valence electrons. The lowest BCUT2D eigenvalue weighted by Gasteiger charge is -2.20. The molecule has 41 heavy (non-hydrogen) atoms. The second-order valence-corrected chi connectivity index (χ2v) is 14.6. The van der Waals surface area contributed by atoms with E-state index in [1.807, 2.05) is 0 Å². The van der Waals surface area contributed by atoms with Gasteiger partial charge in [0.25, 0.3) is 15.1 Å². The van der Waals surface area contributed by atoms with Crippen LogP contribution < -0.4 is 9.47 Å². The summed E-state index contributed by atoms with van der Waals surface area (Å²) >= 11 is 4.58. The van der Waals surface area contributed by atoms with Crippen LogP contribution in [0.5, 0.6) is 0 Å². The maximum Gasteiger partial charge on any atom is 0.264 e. The minimum absolute atomic E-state index is 0.217. The predicted molar refractivity (Wildman–Crippen MR) is 173 cm³/mol. The standard InChI is InChI=1S/C30H36N2O5S4/c1-22(10-14-29-31(16-4-6-18-38-37-33)25-12-8-23(2)20-27(25)39-29)11-15-30-32(17-5-7-19-41(34,35)36)26-13-9-24(3)21-28(26)40-30/h8-15,20-21H,4-7,16-19H2,1-3H3,(H-,33,34,35,36)/p+1. The molecular weight excluding hydrogens is 597 g/mol. The summed E-state index contributed by atoms with van der Waals surface area (Å²) in [5, 5.41) is 10.8. The van der Waals surface area contributed by atoms with E-state index in [2.05, 4.69) is 95.3 Å². The number of rotatable bonds is 14. The first kappa shape index (κ1) is 31.8. The SMILES string of the molecule is CC(C=Cc1sc2cc(C)ccc2[n+]1CCCCS(=O)(=O)O)=CC=C1Sc2cc(C)ccc2N1CCCCSOO. The normalized spacial score (nSPS) is 15.1. The average molecular weight is 634 g/mol. The van der Waals surface area contributed by atoms with E-state index in [1.54, 1.807) is 23.1 Å². The molecule has 2 aromatic carbocycles. The summed E-state index contributed by atoms with van der Waals surface area (Å²) in [6.45, 7) is 7.86. The Morgan fingerprint density at radius 3 is 2.66 bits per heavy atom. The molecule has 0 saturated heterocycles. The molecule has 2 N–H and O–H groups in total. The summed E-state index contributed by atoms with van der Waals surface area (Å²) in [5.74, 6) is 0.532. The van der Waals surface area contributed by atoms with Crippen molar-refractivity contribution >= 4 is 67.2 Å². The first-order valence-electron chi connectivity index (χ1n) is 13.6. The van der Waals surface area contributed by atoms with Crippen LogP contribution in [0.25, 0.3) is 16.3 Å². The second-order valence-electron chi connectivity index (χ2n) is 10.1. The van der Waals surface area contributed by atoms with Gasteiger partial charge in [-0.25, -0.2) is 5.26 Å². The zero-order chi connectivity index (χ0) is 29.4. The molecule has 0 aliphatic carbocycles. The first-order valence-corrected chi connectivity index (χ1v) is 17.7. The third kappa shape index (κ3) is 9.18. The Hall–Kier alpha value is -2.12. The smallest absolute Gasteiger partial charge is 0.264 e. The van der Waals surface area contributed by atoms with Crippen LogP contribution in [0.15, 0.2) is 70.1 Å². The third-order valence-electron chi connectivity index (χ3n) is 6.70. The van der Waals surface area contributed by atoms with E-state index in [0.717, 1.165) is 53.3 Å². The molecule has 0 amide bonds. The lowest BCUT2D eigenvalue weighted by atomic mass is 10.2. The van der Waals surface area contributed by atoms with Gasteiger partial charge in [-0.1, -0.05) is 53.0 Å². The van der Waals surface area contributed by atoms with Gasteiger partial charge in [0.15, 0.2) is 6.54 Å². The van der Waals surface area contributed by atoms with Gasteiger partial charge in [0.2, 0.25) is 5.52 Å². The van der Waals surface area contributed by atoms with Crippen molar-refractivity contribution in [3.8, 4) is 0 Å². The third-order valence-corrected chi connectivity index (χ3v) is 10.3. The molecule has 0 atom stereocenters. The average Bonchev–Trinajstić information content (AvgIpc) is 3.44. The van der Waals surface area contributed by atoms with Crippen LogP contribution in [0.4, 0.5) is 5.69 Å². The first-order chi connectivity index (χ1) is 19.6. The lowest BCUT2D eigenvalue weighted by Crippen LogP contribution is -2.35. The number of fused-ring (bicyclic) bond motifs is 2. The Bertz CT molecular complexity index is 1560. The van der Waals surface area contributed by atoms with Crippen LogP contribution in [0.2, 0.25) is 0 Å². The van der Waals surface area contributed by atoms with Crippen molar-refractivity contribution in [2.45, 2.75) is 57.9 Å². The zero-order valence-electron chi connectivity index (χ0n) is 23.6. The van der Waals surface area contributed by atoms with Crippen LogP contribution in [-0.2, 0) is 21.0 Å². The number of hydrogen-bond acceptors (Lipinski definition) is 8. The molecule has 1 aliphatic rings. The molecule has 0 radical (unpaired) electrons. The van der Waals surface area contributed by atoms with Crippen LogP contribution in [0.3, 0.4) is 0 Å². The van der Waals surface area contributed by atoms with E-state index in [1.165, 1.54) is 31.4 Å². The molecule has 0 spiro atoms. The Morgan fingerprint density at radius 1 is 1.10 bits per heavy atom. The highest BCUT2D eigenvalue weighted by molar-refractivity contribution is 8.03. The lowest BCUT2D eigenvalue weighted by molar-refractivity contribution is -0.669. The van der Waals surface area contributed by atoms with Crippen molar-refractivity contribution in [2.75, 3.05) is 23.0 Å². The van der Waals surface area contributed by atoms with E-state index >= 15 is 0 Å². The molecule has 3 aromatic rings. The van der Waals surface area contributed by atoms with E-state index in [-0.39, 0.29) is 5.75 Å². The number of aryl methyl sites for hydroxylation is 3.